The maximum absolute atomic E-state index is 12.1. The van der Waals surface area contributed by atoms with Crippen molar-refractivity contribution < 1.29 is 21.6 Å². The molecular formula is C19H20N2O5S2. The highest BCUT2D eigenvalue weighted by Gasteiger charge is 2.28. The maximum Gasteiger partial charge on any atom is 0.248 e. The molecule has 1 amide bonds. The zero-order valence-corrected chi connectivity index (χ0v) is 16.8. The highest BCUT2D eigenvalue weighted by molar-refractivity contribution is 7.93. The van der Waals surface area contributed by atoms with Crippen LogP contribution in [0.3, 0.4) is 0 Å². The minimum Gasteiger partial charge on any atom is -0.322 e. The first kappa shape index (κ1) is 20.1. The van der Waals surface area contributed by atoms with Crippen LogP contribution < -0.4 is 9.62 Å². The van der Waals surface area contributed by atoms with Gasteiger partial charge in [0.05, 0.1) is 16.3 Å². The molecule has 1 saturated heterocycles. The van der Waals surface area contributed by atoms with Gasteiger partial charge in [-0.15, -0.1) is 0 Å². The van der Waals surface area contributed by atoms with Crippen molar-refractivity contribution in [3.05, 3.63) is 60.2 Å². The van der Waals surface area contributed by atoms with Crippen LogP contribution in [0.1, 0.15) is 12.0 Å². The Morgan fingerprint density at radius 3 is 2.46 bits per heavy atom. The highest BCUT2D eigenvalue weighted by atomic mass is 32.2. The molecule has 0 spiro atoms. The average molecular weight is 421 g/mol. The van der Waals surface area contributed by atoms with Crippen molar-refractivity contribution in [1.29, 1.82) is 0 Å². The van der Waals surface area contributed by atoms with E-state index in [4.69, 9.17) is 0 Å². The number of carbonyl (C=O) groups is 1. The summed E-state index contributed by atoms with van der Waals surface area (Å²) in [5, 5.41) is 2.61. The fourth-order valence-electron chi connectivity index (χ4n) is 2.84. The Labute approximate surface area is 164 Å². The molecule has 9 heteroatoms. The summed E-state index contributed by atoms with van der Waals surface area (Å²) in [5.74, 6) is -0.244. The number of sulfone groups is 1. The lowest BCUT2D eigenvalue weighted by atomic mass is 10.2. The second-order valence-electron chi connectivity index (χ2n) is 6.46. The molecule has 0 aromatic heterocycles. The van der Waals surface area contributed by atoms with Crippen molar-refractivity contribution in [3.8, 4) is 0 Å². The van der Waals surface area contributed by atoms with Crippen molar-refractivity contribution in [2.75, 3.05) is 28.2 Å². The Bertz CT molecular complexity index is 1120. The van der Waals surface area contributed by atoms with Crippen LogP contribution in [-0.4, -0.2) is 41.3 Å². The summed E-state index contributed by atoms with van der Waals surface area (Å²) in [6, 6.07) is 12.9. The Morgan fingerprint density at radius 1 is 1.14 bits per heavy atom. The molecule has 148 valence electrons. The number of rotatable bonds is 5. The Balaban J connectivity index is 1.66. The molecule has 0 aliphatic carbocycles. The molecule has 28 heavy (non-hydrogen) atoms. The number of nitrogens with zero attached hydrogens (tertiary/aromatic N) is 1. The molecule has 0 atom stereocenters. The summed E-state index contributed by atoms with van der Waals surface area (Å²) in [6.45, 7) is 0.479. The normalized spacial score (nSPS) is 16.4. The van der Waals surface area contributed by atoms with Crippen molar-refractivity contribution in [3.63, 3.8) is 0 Å². The predicted octanol–water partition coefficient (Wildman–Crippen LogP) is 2.28. The number of anilines is 2. The molecule has 1 fully saturated rings. The van der Waals surface area contributed by atoms with Gasteiger partial charge >= 0.3 is 0 Å². The SMILES string of the molecule is CS(=O)(=O)c1cccc(NC(=O)/C=C/c2ccc(N3CCCS3(=O)=O)cc2)c1. The average Bonchev–Trinajstić information content (AvgIpc) is 2.99. The third-order valence-corrected chi connectivity index (χ3v) is 7.22. The molecule has 0 bridgehead atoms. The number of nitrogens with one attached hydrogen (secondary N) is 1. The Hall–Kier alpha value is -2.65. The van der Waals surface area contributed by atoms with Crippen LogP contribution in [0.2, 0.25) is 0 Å². The van der Waals surface area contributed by atoms with E-state index in [2.05, 4.69) is 5.32 Å². The van der Waals surface area contributed by atoms with Crippen molar-refractivity contribution in [2.45, 2.75) is 11.3 Å². The third kappa shape index (κ3) is 4.79. The van der Waals surface area contributed by atoms with Crippen LogP contribution >= 0.6 is 0 Å². The molecule has 2 aromatic rings. The number of benzene rings is 2. The molecule has 1 N–H and O–H groups in total. The van der Waals surface area contributed by atoms with Crippen LogP contribution in [0.15, 0.2) is 59.5 Å². The smallest absolute Gasteiger partial charge is 0.248 e. The topological polar surface area (TPSA) is 101 Å². The Morgan fingerprint density at radius 2 is 1.86 bits per heavy atom. The molecular weight excluding hydrogens is 400 g/mol. The largest absolute Gasteiger partial charge is 0.322 e. The first-order valence-electron chi connectivity index (χ1n) is 8.55. The number of hydrogen-bond acceptors (Lipinski definition) is 5. The summed E-state index contributed by atoms with van der Waals surface area (Å²) in [5.41, 5.74) is 1.73. The zero-order chi connectivity index (χ0) is 20.4. The highest BCUT2D eigenvalue weighted by Crippen LogP contribution is 2.24. The Kier molecular flexibility index (Phi) is 5.57. The van der Waals surface area contributed by atoms with Gasteiger partial charge in [0.25, 0.3) is 0 Å². The van der Waals surface area contributed by atoms with E-state index in [1.54, 1.807) is 42.5 Å². The van der Waals surface area contributed by atoms with Gasteiger partial charge < -0.3 is 5.32 Å². The molecule has 0 radical (unpaired) electrons. The summed E-state index contributed by atoms with van der Waals surface area (Å²) < 4.78 is 48.4. The second-order valence-corrected chi connectivity index (χ2v) is 10.5. The van der Waals surface area contributed by atoms with Crippen LogP contribution in [0, 0.1) is 0 Å². The van der Waals surface area contributed by atoms with E-state index in [1.165, 1.54) is 22.5 Å². The summed E-state index contributed by atoms with van der Waals surface area (Å²) >= 11 is 0. The monoisotopic (exact) mass is 420 g/mol. The first-order chi connectivity index (χ1) is 13.1. The standard InChI is InChI=1S/C19H20N2O5S2/c1-27(23,24)18-5-2-4-16(14-18)20-19(22)11-8-15-6-9-17(10-7-15)21-12-3-13-28(21,25)26/h2,4-11,14H,3,12-13H2,1H3,(H,20,22)/b11-8+. The van der Waals surface area contributed by atoms with Gasteiger partial charge in [-0.2, -0.15) is 0 Å². The molecule has 1 aliphatic rings. The molecule has 0 unspecified atom stereocenters. The van der Waals surface area contributed by atoms with Crippen molar-refractivity contribution >= 4 is 43.2 Å². The summed E-state index contributed by atoms with van der Waals surface area (Å²) in [4.78, 5) is 12.2. The molecule has 3 rings (SSSR count). The lowest BCUT2D eigenvalue weighted by molar-refractivity contribution is -0.111. The van der Waals surface area contributed by atoms with Crippen molar-refractivity contribution in [2.24, 2.45) is 0 Å². The van der Waals surface area contributed by atoms with E-state index < -0.39 is 25.8 Å². The van der Waals surface area contributed by atoms with E-state index >= 15 is 0 Å². The number of hydrogen-bond donors (Lipinski definition) is 1. The van der Waals surface area contributed by atoms with E-state index in [0.717, 1.165) is 11.8 Å². The van der Waals surface area contributed by atoms with Crippen LogP contribution in [0.25, 0.3) is 6.08 Å². The van der Waals surface area contributed by atoms with Crippen LogP contribution in [0.4, 0.5) is 11.4 Å². The van der Waals surface area contributed by atoms with Gasteiger partial charge in [0.15, 0.2) is 9.84 Å². The molecule has 7 nitrogen and oxygen atoms in total. The van der Waals surface area contributed by atoms with E-state index in [9.17, 15) is 21.6 Å². The van der Waals surface area contributed by atoms with Gasteiger partial charge in [-0.25, -0.2) is 16.8 Å². The molecule has 1 aliphatic heterocycles. The first-order valence-corrected chi connectivity index (χ1v) is 12.0. The third-order valence-electron chi connectivity index (χ3n) is 4.24. The molecule has 0 saturated carbocycles. The quantitative estimate of drug-likeness (QED) is 0.748. The van der Waals surface area contributed by atoms with E-state index in [-0.39, 0.29) is 10.6 Å². The predicted molar refractivity (Wildman–Crippen MR) is 109 cm³/mol. The van der Waals surface area contributed by atoms with Gasteiger partial charge in [-0.1, -0.05) is 18.2 Å². The van der Waals surface area contributed by atoms with E-state index in [1.807, 2.05) is 0 Å². The summed E-state index contributed by atoms with van der Waals surface area (Å²) in [6.07, 6.45) is 4.64. The van der Waals surface area contributed by atoms with Gasteiger partial charge in [0.2, 0.25) is 15.9 Å². The van der Waals surface area contributed by atoms with Crippen LogP contribution in [0.5, 0.6) is 0 Å². The zero-order valence-electron chi connectivity index (χ0n) is 15.2. The minimum absolute atomic E-state index is 0.127. The van der Waals surface area contributed by atoms with E-state index in [0.29, 0.717) is 24.3 Å². The summed E-state index contributed by atoms with van der Waals surface area (Å²) in [7, 11) is -6.57. The fraction of sp³-hybridized carbons (Fsp3) is 0.211. The van der Waals surface area contributed by atoms with Gasteiger partial charge in [-0.3, -0.25) is 9.10 Å². The lowest BCUT2D eigenvalue weighted by Crippen LogP contribution is -2.24. The molecule has 2 aromatic carbocycles. The number of sulfonamides is 1. The van der Waals surface area contributed by atoms with Gasteiger partial charge in [0.1, 0.15) is 0 Å². The van der Waals surface area contributed by atoms with Gasteiger partial charge in [-0.05, 0) is 48.4 Å². The second kappa shape index (κ2) is 7.76. The lowest BCUT2D eigenvalue weighted by Gasteiger charge is -2.16. The number of carbonyl (C=O) groups excluding carboxylic acids is 1. The van der Waals surface area contributed by atoms with Crippen LogP contribution in [-0.2, 0) is 24.7 Å². The van der Waals surface area contributed by atoms with Crippen molar-refractivity contribution in [1.82, 2.24) is 0 Å². The molecule has 1 heterocycles. The number of amides is 1. The minimum atomic E-state index is -3.35. The fourth-order valence-corrected chi connectivity index (χ4v) is 5.07. The maximum atomic E-state index is 12.1. The van der Waals surface area contributed by atoms with Gasteiger partial charge in [0, 0.05) is 24.6 Å².